The lowest BCUT2D eigenvalue weighted by Gasteiger charge is -2.41. The summed E-state index contributed by atoms with van der Waals surface area (Å²) >= 11 is 0. The Hall–Kier alpha value is -1.40. The molecule has 24 heavy (non-hydrogen) atoms. The highest BCUT2D eigenvalue weighted by Crippen LogP contribution is 2.59. The molecular weight excluding hydrogens is 304 g/mol. The van der Waals surface area contributed by atoms with Crippen molar-refractivity contribution >= 4 is 5.91 Å². The molecule has 6 nitrogen and oxygen atoms in total. The van der Waals surface area contributed by atoms with Crippen molar-refractivity contribution in [2.45, 2.75) is 32.2 Å². The van der Waals surface area contributed by atoms with Crippen molar-refractivity contribution < 1.29 is 9.53 Å². The first-order valence-electron chi connectivity index (χ1n) is 9.22. The molecule has 1 amide bonds. The van der Waals surface area contributed by atoms with Gasteiger partial charge in [0.25, 0.3) is 0 Å². The Labute approximate surface area is 143 Å². The van der Waals surface area contributed by atoms with Gasteiger partial charge in [0.1, 0.15) is 5.82 Å². The second-order valence-corrected chi connectivity index (χ2v) is 7.56. The largest absolute Gasteiger partial charge is 0.381 e. The van der Waals surface area contributed by atoms with Gasteiger partial charge in [0, 0.05) is 58.2 Å². The third-order valence-electron chi connectivity index (χ3n) is 6.34. The molecule has 0 unspecified atom stereocenters. The van der Waals surface area contributed by atoms with E-state index in [0.717, 1.165) is 64.5 Å². The van der Waals surface area contributed by atoms with E-state index in [1.165, 1.54) is 0 Å². The Balaban J connectivity index is 1.47. The molecule has 0 N–H and O–H groups in total. The number of amides is 1. The highest BCUT2D eigenvalue weighted by Gasteiger charge is 2.59. The van der Waals surface area contributed by atoms with Gasteiger partial charge in [0.2, 0.25) is 5.91 Å². The van der Waals surface area contributed by atoms with Crippen LogP contribution in [0.5, 0.6) is 0 Å². The number of hydrogen-bond acceptors (Lipinski definition) is 4. The number of nitrogens with zero attached hydrogens (tertiary/aromatic N) is 4. The second kappa shape index (κ2) is 6.15. The van der Waals surface area contributed by atoms with Crippen molar-refractivity contribution in [1.29, 1.82) is 0 Å². The minimum atomic E-state index is 0.206. The molecule has 1 aliphatic carbocycles. The van der Waals surface area contributed by atoms with Crippen LogP contribution in [0.2, 0.25) is 0 Å². The first kappa shape index (κ1) is 16.1. The van der Waals surface area contributed by atoms with E-state index < -0.39 is 0 Å². The SMILES string of the molecule is CCN1CCN(C(=O)[C@@H]2CC23CCOCC3)C[C@H]1c1nccn1C. The fraction of sp³-hybridized carbons (Fsp3) is 0.778. The van der Waals surface area contributed by atoms with E-state index in [9.17, 15) is 4.79 Å². The van der Waals surface area contributed by atoms with Crippen LogP contribution >= 0.6 is 0 Å². The topological polar surface area (TPSA) is 50.6 Å². The third-order valence-corrected chi connectivity index (χ3v) is 6.34. The van der Waals surface area contributed by atoms with E-state index >= 15 is 0 Å². The summed E-state index contributed by atoms with van der Waals surface area (Å²) in [5.74, 6) is 1.66. The van der Waals surface area contributed by atoms with Crippen molar-refractivity contribution in [1.82, 2.24) is 19.4 Å². The number of aromatic nitrogens is 2. The molecule has 1 spiro atoms. The zero-order chi connectivity index (χ0) is 16.7. The Bertz CT molecular complexity index is 608. The molecule has 3 fully saturated rings. The van der Waals surface area contributed by atoms with Crippen molar-refractivity contribution in [3.63, 3.8) is 0 Å². The van der Waals surface area contributed by atoms with Gasteiger partial charge in [-0.25, -0.2) is 4.98 Å². The maximum atomic E-state index is 13.1. The lowest BCUT2D eigenvalue weighted by molar-refractivity contribution is -0.137. The van der Waals surface area contributed by atoms with E-state index in [1.807, 2.05) is 19.4 Å². The molecule has 1 saturated carbocycles. The highest BCUT2D eigenvalue weighted by atomic mass is 16.5. The molecule has 2 atom stereocenters. The molecule has 0 aromatic carbocycles. The van der Waals surface area contributed by atoms with Gasteiger partial charge in [-0.05, 0) is 31.2 Å². The molecule has 0 radical (unpaired) electrons. The Kier molecular flexibility index (Phi) is 4.12. The number of likely N-dealkylation sites (N-methyl/N-ethyl adjacent to an activating group) is 1. The van der Waals surface area contributed by atoms with Gasteiger partial charge in [-0.15, -0.1) is 0 Å². The fourth-order valence-corrected chi connectivity index (χ4v) is 4.59. The number of hydrogen-bond donors (Lipinski definition) is 0. The number of imidazole rings is 1. The first-order valence-corrected chi connectivity index (χ1v) is 9.22. The zero-order valence-corrected chi connectivity index (χ0v) is 14.8. The Morgan fingerprint density at radius 3 is 2.83 bits per heavy atom. The normalized spacial score (nSPS) is 29.8. The third kappa shape index (κ3) is 2.65. The summed E-state index contributed by atoms with van der Waals surface area (Å²) in [5, 5.41) is 0. The minimum absolute atomic E-state index is 0.206. The van der Waals surface area contributed by atoms with Gasteiger partial charge >= 0.3 is 0 Å². The average molecular weight is 332 g/mol. The summed E-state index contributed by atoms with van der Waals surface area (Å²) in [5.41, 5.74) is 0.260. The van der Waals surface area contributed by atoms with E-state index in [-0.39, 0.29) is 17.4 Å². The minimum Gasteiger partial charge on any atom is -0.381 e. The van der Waals surface area contributed by atoms with Gasteiger partial charge in [0.05, 0.1) is 6.04 Å². The number of ether oxygens (including phenoxy) is 1. The van der Waals surface area contributed by atoms with E-state index in [1.54, 1.807) is 0 Å². The van der Waals surface area contributed by atoms with Crippen LogP contribution in [0, 0.1) is 11.3 Å². The summed E-state index contributed by atoms with van der Waals surface area (Å²) in [6, 6.07) is 0.206. The highest BCUT2D eigenvalue weighted by molar-refractivity contribution is 5.83. The Morgan fingerprint density at radius 1 is 1.38 bits per heavy atom. The molecule has 0 bridgehead atoms. The van der Waals surface area contributed by atoms with Crippen LogP contribution in [0.25, 0.3) is 0 Å². The van der Waals surface area contributed by atoms with Crippen LogP contribution in [0.4, 0.5) is 0 Å². The smallest absolute Gasteiger partial charge is 0.226 e. The molecule has 4 rings (SSSR count). The number of rotatable bonds is 3. The standard InChI is InChI=1S/C18H28N4O2/c1-3-21-8-9-22(13-15(21)16-19-6-7-20(16)2)17(23)14-12-18(14)4-10-24-11-5-18/h6-7,14-15H,3-5,8-13H2,1-2H3/t14-,15-/m0/s1. The van der Waals surface area contributed by atoms with Crippen LogP contribution in [0.3, 0.4) is 0 Å². The summed E-state index contributed by atoms with van der Waals surface area (Å²) in [7, 11) is 2.04. The monoisotopic (exact) mass is 332 g/mol. The number of aryl methyl sites for hydroxylation is 1. The number of piperazine rings is 1. The summed E-state index contributed by atoms with van der Waals surface area (Å²) in [4.78, 5) is 22.1. The van der Waals surface area contributed by atoms with Gasteiger partial charge < -0.3 is 14.2 Å². The molecular formula is C18H28N4O2. The maximum Gasteiger partial charge on any atom is 0.226 e. The Morgan fingerprint density at radius 2 is 2.17 bits per heavy atom. The molecule has 1 aromatic heterocycles. The van der Waals surface area contributed by atoms with Crippen LogP contribution < -0.4 is 0 Å². The second-order valence-electron chi connectivity index (χ2n) is 7.56. The molecule has 1 aromatic rings. The predicted molar refractivity (Wildman–Crippen MR) is 90.4 cm³/mol. The fourth-order valence-electron chi connectivity index (χ4n) is 4.59. The summed E-state index contributed by atoms with van der Waals surface area (Å²) in [6.07, 6.45) is 7.02. The first-order chi connectivity index (χ1) is 11.6. The van der Waals surface area contributed by atoms with Crippen LogP contribution in [0.15, 0.2) is 12.4 Å². The van der Waals surface area contributed by atoms with Gasteiger partial charge in [-0.2, -0.15) is 0 Å². The molecule has 6 heteroatoms. The van der Waals surface area contributed by atoms with Crippen molar-refractivity contribution in [3.05, 3.63) is 18.2 Å². The molecule has 2 aliphatic heterocycles. The average Bonchev–Trinajstić information content (AvgIpc) is 3.12. The lowest BCUT2D eigenvalue weighted by Crippen LogP contribution is -2.51. The van der Waals surface area contributed by atoms with Gasteiger partial charge in [-0.1, -0.05) is 6.92 Å². The van der Waals surface area contributed by atoms with Crippen molar-refractivity contribution in [2.75, 3.05) is 39.4 Å². The van der Waals surface area contributed by atoms with Crippen LogP contribution in [-0.4, -0.2) is 64.7 Å². The lowest BCUT2D eigenvalue weighted by atomic mass is 9.93. The number of carbonyl (C=O) groups excluding carboxylic acids is 1. The van der Waals surface area contributed by atoms with Crippen LogP contribution in [0.1, 0.15) is 38.1 Å². The zero-order valence-electron chi connectivity index (χ0n) is 14.8. The van der Waals surface area contributed by atoms with Crippen LogP contribution in [-0.2, 0) is 16.6 Å². The summed E-state index contributed by atoms with van der Waals surface area (Å²) < 4.78 is 7.57. The van der Waals surface area contributed by atoms with E-state index in [4.69, 9.17) is 4.74 Å². The summed E-state index contributed by atoms with van der Waals surface area (Å²) in [6.45, 7) is 7.36. The molecule has 3 aliphatic rings. The predicted octanol–water partition coefficient (Wildman–Crippen LogP) is 1.44. The molecule has 132 valence electrons. The van der Waals surface area contributed by atoms with Crippen molar-refractivity contribution in [3.8, 4) is 0 Å². The van der Waals surface area contributed by atoms with Gasteiger partial charge in [-0.3, -0.25) is 9.69 Å². The van der Waals surface area contributed by atoms with E-state index in [2.05, 4.69) is 26.3 Å². The van der Waals surface area contributed by atoms with Crippen molar-refractivity contribution in [2.24, 2.45) is 18.4 Å². The van der Waals surface area contributed by atoms with Gasteiger partial charge in [0.15, 0.2) is 0 Å². The van der Waals surface area contributed by atoms with E-state index in [0.29, 0.717) is 5.91 Å². The molecule has 3 heterocycles. The quantitative estimate of drug-likeness (QED) is 0.840. The maximum absolute atomic E-state index is 13.1. The molecule has 2 saturated heterocycles. The number of carbonyl (C=O) groups is 1.